The van der Waals surface area contributed by atoms with Crippen molar-refractivity contribution in [2.45, 2.75) is 231 Å². The van der Waals surface area contributed by atoms with Crippen LogP contribution in [0.25, 0.3) is 167 Å². The van der Waals surface area contributed by atoms with E-state index in [0.717, 1.165) is 198 Å². The van der Waals surface area contributed by atoms with Crippen molar-refractivity contribution < 1.29 is 68.2 Å². The first-order valence-electron chi connectivity index (χ1n) is 56.1. The molecule has 692 valence electrons. The minimum atomic E-state index is -2.67. The zero-order valence-corrected chi connectivity index (χ0v) is 81.7. The van der Waals surface area contributed by atoms with E-state index in [1.807, 2.05) is 107 Å². The zero-order chi connectivity index (χ0) is 110. The molecule has 0 N–H and O–H groups in total. The second-order valence-corrected chi connectivity index (χ2v) is 37.9. The summed E-state index contributed by atoms with van der Waals surface area (Å²) in [5, 5.41) is 9.49. The van der Waals surface area contributed by atoms with Gasteiger partial charge in [-0.15, -0.1) is 0 Å². The van der Waals surface area contributed by atoms with E-state index in [2.05, 4.69) is 256 Å². The van der Waals surface area contributed by atoms with Gasteiger partial charge in [-0.05, 0) is 230 Å². The van der Waals surface area contributed by atoms with Crippen LogP contribution < -0.4 is 22.8 Å². The third kappa shape index (κ3) is 18.5. The van der Waals surface area contributed by atoms with Crippen LogP contribution in [-0.4, -0.2) is 24.9 Å². The number of furan rings is 5. The summed E-state index contributed by atoms with van der Waals surface area (Å²) in [6.07, 6.45) is 10.8. The molecule has 1 atom stereocenters. The van der Waals surface area contributed by atoms with Gasteiger partial charge in [0.1, 0.15) is 35.2 Å². The van der Waals surface area contributed by atoms with Gasteiger partial charge in [-0.3, -0.25) is 0 Å². The van der Waals surface area contributed by atoms with Crippen LogP contribution in [0.2, 0.25) is 0 Å². The molecule has 15 heterocycles. The zero-order valence-electron chi connectivity index (χ0n) is 98.7. The number of hydrogen-bond donors (Lipinski definition) is 0. The van der Waals surface area contributed by atoms with Crippen LogP contribution in [-0.2, 0) is 79.2 Å². The predicted molar refractivity (Wildman–Crippen MR) is 555 cm³/mol. The predicted octanol–water partition coefficient (Wildman–Crippen LogP) is 28.6. The third-order valence-electron chi connectivity index (χ3n) is 26.6. The lowest BCUT2D eigenvalue weighted by Crippen LogP contribution is -2.31. The highest BCUT2D eigenvalue weighted by Crippen LogP contribution is 2.45. The minimum absolute atomic E-state index is 0.00562. The van der Waals surface area contributed by atoms with Gasteiger partial charge in [0.2, 0.25) is 57.0 Å². The average Bonchev–Trinajstić information content (AvgIpc) is 1.69. The minimum Gasteiger partial charge on any atom is -0.437 e. The first-order chi connectivity index (χ1) is 72.0. The maximum Gasteiger partial charge on any atom is 0.227 e. The highest BCUT2D eigenvalue weighted by atomic mass is 16.4. The fourth-order valence-electron chi connectivity index (χ4n) is 19.1. The second-order valence-electron chi connectivity index (χ2n) is 37.9. The van der Waals surface area contributed by atoms with Crippen molar-refractivity contribution in [2.24, 2.45) is 40.7 Å². The van der Waals surface area contributed by atoms with Crippen molar-refractivity contribution in [3.05, 3.63) is 297 Å². The standard InChI is InChI=1S/C26H29N2O.C25H27N2O.C25H29N2O.C24H27N2O.C21H21N2O/c1-4-18-11-15-23(28(3)16-18)24-17(2)10-12-20-21-13-14-22(19-8-6-5-7-9-19)27-26(21)29-25(20)24;1-4-17-10-14-22(27(3)15-17)23-16(2)9-11-19-20-12-13-21(18-7-5-6-8-18)26-25(20)28-24(19)23;1-7-17-9-13-21(27(6)15-17)22-16(2)8-11-19-20-12-10-18(14-25(3,4)5)26-24(20)28-23(19)22;1-7-16-9-12-19(26(6)14-16)21-15(2)8-10-17-18-11-13-20(24(3,4)5)25-23(18)27-22(17)21;1-5-15-8-11-18(23(4)12-15)19-13(2)6-9-16-17-10-7-14(3)22-21(17)24-20(16)19/h10-16,19H,4-9H2,1-3H3;9-15,18H,4-8H2,1-3H3;8-13,15H,7,14H2,1-6H3;8-14H,7H2,1-6H3;6-12H,5H2,1-4H3/q5*+1/i8D2,9D2,19D;7D2,18D;3D3,4D3;;1D3. The largest absolute Gasteiger partial charge is 0.437 e. The molecule has 2 aliphatic rings. The summed E-state index contributed by atoms with van der Waals surface area (Å²) in [5.41, 5.74) is 29.1. The molecule has 136 heavy (non-hydrogen) atoms. The Morgan fingerprint density at radius 2 is 0.625 bits per heavy atom. The molecular formula is C121H133N10O5+5. The molecule has 15 heteroatoms. The lowest BCUT2D eigenvalue weighted by Gasteiger charge is -2.20. The molecule has 0 aliphatic heterocycles. The van der Waals surface area contributed by atoms with Gasteiger partial charge in [-0.2, -0.15) is 0 Å². The quantitative estimate of drug-likeness (QED) is 0.102. The maximum atomic E-state index is 9.00. The average molecular weight is 1820 g/mol. The summed E-state index contributed by atoms with van der Waals surface area (Å²) in [6, 6.07) is 60.7. The van der Waals surface area contributed by atoms with Gasteiger partial charge in [-0.1, -0.05) is 169 Å². The van der Waals surface area contributed by atoms with Crippen LogP contribution in [0.4, 0.5) is 0 Å². The van der Waals surface area contributed by atoms with Crippen molar-refractivity contribution in [3.63, 3.8) is 0 Å². The Morgan fingerprint density at radius 3 is 0.956 bits per heavy atom. The monoisotopic (exact) mass is 1820 g/mol. The molecule has 0 amide bonds. The number of nitrogens with zero attached hydrogens (tertiary/aromatic N) is 10. The number of benzene rings is 5. The summed E-state index contributed by atoms with van der Waals surface area (Å²) in [6.45, 7) is 21.3. The second kappa shape index (κ2) is 38.4. The first kappa shape index (κ1) is 73.9. The number of aryl methyl sites for hydroxylation is 16. The summed E-state index contributed by atoms with van der Waals surface area (Å²) in [4.78, 5) is 23.2. The Morgan fingerprint density at radius 1 is 0.324 bits per heavy atom. The Kier molecular flexibility index (Phi) is 20.9. The van der Waals surface area contributed by atoms with Crippen molar-refractivity contribution in [1.82, 2.24) is 24.9 Å². The van der Waals surface area contributed by atoms with E-state index in [9.17, 15) is 0 Å². The van der Waals surface area contributed by atoms with E-state index in [1.54, 1.807) is 18.2 Å². The molecule has 20 aromatic rings. The number of aromatic nitrogens is 10. The molecule has 0 spiro atoms. The van der Waals surface area contributed by atoms with E-state index in [4.69, 9.17) is 50.4 Å². The topological polar surface area (TPSA) is 150 Å². The number of fused-ring (bicyclic) bond motifs is 15. The van der Waals surface area contributed by atoms with Crippen molar-refractivity contribution >= 4 is 110 Å². The molecule has 15 nitrogen and oxygen atoms in total. The van der Waals surface area contributed by atoms with Gasteiger partial charge >= 0.3 is 0 Å². The number of hydrogen-bond acceptors (Lipinski definition) is 10. The lowest BCUT2D eigenvalue weighted by atomic mass is 9.86. The van der Waals surface area contributed by atoms with Crippen LogP contribution in [0.5, 0.6) is 0 Å². The highest BCUT2D eigenvalue weighted by Gasteiger charge is 2.31. The summed E-state index contributed by atoms with van der Waals surface area (Å²) < 4.78 is 180. The highest BCUT2D eigenvalue weighted by molar-refractivity contribution is 6.13. The van der Waals surface area contributed by atoms with Crippen LogP contribution in [0, 0.1) is 47.0 Å². The lowest BCUT2D eigenvalue weighted by molar-refractivity contribution is -0.660. The van der Waals surface area contributed by atoms with Gasteiger partial charge in [-0.25, -0.2) is 47.8 Å². The summed E-state index contributed by atoms with van der Waals surface area (Å²) >= 11 is 0. The van der Waals surface area contributed by atoms with Gasteiger partial charge in [0.05, 0.1) is 27.8 Å². The Bertz CT molecular complexity index is 8800. The van der Waals surface area contributed by atoms with Crippen LogP contribution >= 0.6 is 0 Å². The molecule has 2 saturated carbocycles. The molecule has 2 aliphatic carbocycles. The molecule has 0 saturated heterocycles. The molecular weight excluding hydrogens is 1670 g/mol. The first-order valence-corrected chi connectivity index (χ1v) is 47.6. The van der Waals surface area contributed by atoms with E-state index in [-0.39, 0.29) is 36.8 Å². The molecule has 2 fully saturated rings. The van der Waals surface area contributed by atoms with Crippen molar-refractivity contribution in [1.29, 1.82) is 0 Å². The smallest absolute Gasteiger partial charge is 0.227 e. The number of pyridine rings is 10. The van der Waals surface area contributed by atoms with Crippen LogP contribution in [0.1, 0.15) is 253 Å². The van der Waals surface area contributed by atoms with E-state index < -0.39 is 56.9 Å². The third-order valence-corrected chi connectivity index (χ3v) is 26.6. The van der Waals surface area contributed by atoms with Gasteiger partial charge in [0.15, 0.2) is 58.9 Å². The van der Waals surface area contributed by atoms with E-state index in [0.29, 0.717) is 71.1 Å². The maximum absolute atomic E-state index is 9.00. The van der Waals surface area contributed by atoms with E-state index >= 15 is 0 Å². The fourth-order valence-corrected chi connectivity index (χ4v) is 19.1. The Balaban J connectivity index is 0.000000125. The van der Waals surface area contributed by atoms with E-state index in [1.165, 1.54) is 34.7 Å². The Hall–Kier alpha value is -13.4. The normalized spacial score (nSPS) is 17.8. The summed E-state index contributed by atoms with van der Waals surface area (Å²) in [7, 11) is 10.1. The molecule has 1 unspecified atom stereocenters. The molecule has 15 aromatic heterocycles. The molecule has 22 rings (SSSR count). The van der Waals surface area contributed by atoms with Crippen molar-refractivity contribution in [3.8, 4) is 56.3 Å². The summed E-state index contributed by atoms with van der Waals surface area (Å²) in [5.74, 6) is -3.45. The van der Waals surface area contributed by atoms with Crippen LogP contribution in [0.15, 0.2) is 235 Å². The number of rotatable bonds is 13. The molecule has 5 aromatic carbocycles. The van der Waals surface area contributed by atoms with Gasteiger partial charge < -0.3 is 22.1 Å². The van der Waals surface area contributed by atoms with Gasteiger partial charge in [0.25, 0.3) is 0 Å². The SMILES string of the molecule is CCc1ccc(-c2c(C)ccc3c2oc2nc(C(C)(C)C)ccc23)[n+](C)c1.[2H]C([2H])([2H])C(C)(Cc1ccc2c(n1)oc1c(-c3ccc(CC)c[n+]3C)c(C)ccc12)C([2H])([2H])[2H].[2H]C([2H])([2H])Cc1ccc(-c2c(C)ccc3c2oc2nc(C)ccc23)[n+](C)c1.[2H]C1([2H])CCCC([2H])([2H])C1([2H])c1ccc2c(n1)oc1c(-c3ccc(CC)c[n+]3C)c(C)ccc12.[2H]C1([2H])CCCC1([2H])c1ccc2c(n1)oc1c(-c3ccc(CC)c[n+]3C)c(C)ccc12. The van der Waals surface area contributed by atoms with Crippen molar-refractivity contribution in [2.75, 3.05) is 0 Å². The fraction of sp³-hybridized carbons (Fsp3) is 0.339. The molecule has 0 radical (unpaired) electrons. The Labute approximate surface area is 824 Å². The van der Waals surface area contributed by atoms with Crippen LogP contribution in [0.3, 0.4) is 0 Å². The molecule has 0 bridgehead atoms. The van der Waals surface area contributed by atoms with Gasteiger partial charge in [0, 0.05) is 181 Å².